The summed E-state index contributed by atoms with van der Waals surface area (Å²) >= 11 is 0. The predicted molar refractivity (Wildman–Crippen MR) is 147 cm³/mol. The molecule has 0 N–H and O–H groups in total. The topological polar surface area (TPSA) is 79.1 Å². The van der Waals surface area contributed by atoms with Crippen LogP contribution in [0.25, 0.3) is 11.0 Å². The molecule has 0 radical (unpaired) electrons. The van der Waals surface area contributed by atoms with Crippen molar-refractivity contribution in [3.63, 3.8) is 0 Å². The van der Waals surface area contributed by atoms with Gasteiger partial charge in [-0.25, -0.2) is 4.68 Å². The van der Waals surface area contributed by atoms with Gasteiger partial charge in [0.05, 0.1) is 24.6 Å². The highest BCUT2D eigenvalue weighted by atomic mass is 28.4. The standard InChI is InChI=1S/C28H42N4O3Si/c1-12-32-23-14-13-21(19(3)25(23)30-31-32)24(28(7,8)26(33)34-9)22-15-20(18(2)16-29-22)17-35-36(10,11)27(4,5)6/h13-16,24H,12,17H2,1-11H3. The molecule has 0 aliphatic heterocycles. The van der Waals surface area contributed by atoms with Crippen LogP contribution in [0.1, 0.15) is 75.4 Å². The van der Waals surface area contributed by atoms with Crippen LogP contribution in [-0.2, 0) is 27.1 Å². The smallest absolute Gasteiger partial charge is 0.312 e. The quantitative estimate of drug-likeness (QED) is 0.261. The first-order valence-corrected chi connectivity index (χ1v) is 15.6. The zero-order chi connectivity index (χ0) is 27.1. The Kier molecular flexibility index (Phi) is 7.82. The second-order valence-electron chi connectivity index (χ2n) is 11.8. The number of methoxy groups -OCH3 is 1. The maximum absolute atomic E-state index is 13.1. The molecule has 0 aliphatic carbocycles. The van der Waals surface area contributed by atoms with Crippen LogP contribution in [0.4, 0.5) is 0 Å². The summed E-state index contributed by atoms with van der Waals surface area (Å²) in [5, 5.41) is 8.87. The molecule has 1 atom stereocenters. The van der Waals surface area contributed by atoms with Crippen molar-refractivity contribution in [1.29, 1.82) is 0 Å². The van der Waals surface area contributed by atoms with E-state index in [9.17, 15) is 4.79 Å². The summed E-state index contributed by atoms with van der Waals surface area (Å²) in [5.74, 6) is -0.626. The van der Waals surface area contributed by atoms with Crippen molar-refractivity contribution in [1.82, 2.24) is 20.0 Å². The Morgan fingerprint density at radius 2 is 1.81 bits per heavy atom. The fourth-order valence-electron chi connectivity index (χ4n) is 4.40. The van der Waals surface area contributed by atoms with E-state index in [1.54, 1.807) is 0 Å². The van der Waals surface area contributed by atoms with Crippen molar-refractivity contribution in [2.75, 3.05) is 7.11 Å². The predicted octanol–water partition coefficient (Wildman–Crippen LogP) is 6.32. The first kappa shape index (κ1) is 28.0. The van der Waals surface area contributed by atoms with Gasteiger partial charge in [0.25, 0.3) is 0 Å². The van der Waals surface area contributed by atoms with Crippen LogP contribution in [-0.4, -0.2) is 41.4 Å². The van der Waals surface area contributed by atoms with Gasteiger partial charge in [-0.1, -0.05) is 32.1 Å². The minimum absolute atomic E-state index is 0.120. The number of benzene rings is 1. The van der Waals surface area contributed by atoms with Crippen molar-refractivity contribution in [3.05, 3.63) is 52.3 Å². The van der Waals surface area contributed by atoms with Gasteiger partial charge in [-0.15, -0.1) is 5.10 Å². The van der Waals surface area contributed by atoms with E-state index in [4.69, 9.17) is 14.1 Å². The number of ether oxygens (including phenoxy) is 1. The van der Waals surface area contributed by atoms with Gasteiger partial charge >= 0.3 is 5.97 Å². The van der Waals surface area contributed by atoms with Crippen LogP contribution < -0.4 is 0 Å². The molecule has 1 unspecified atom stereocenters. The number of carbonyl (C=O) groups excluding carboxylic acids is 1. The van der Waals surface area contributed by atoms with E-state index in [1.807, 2.05) is 44.6 Å². The molecular weight excluding hydrogens is 468 g/mol. The molecule has 0 fully saturated rings. The van der Waals surface area contributed by atoms with Gasteiger partial charge in [0.15, 0.2) is 8.32 Å². The number of hydrogen-bond donors (Lipinski definition) is 0. The van der Waals surface area contributed by atoms with Crippen LogP contribution in [0.3, 0.4) is 0 Å². The number of aryl methyl sites for hydroxylation is 3. The van der Waals surface area contributed by atoms with E-state index in [0.29, 0.717) is 6.61 Å². The van der Waals surface area contributed by atoms with Crippen molar-refractivity contribution in [3.8, 4) is 0 Å². The van der Waals surface area contributed by atoms with E-state index in [0.717, 1.165) is 45.5 Å². The number of hydrogen-bond acceptors (Lipinski definition) is 6. The summed E-state index contributed by atoms with van der Waals surface area (Å²) in [4.78, 5) is 17.9. The number of carbonyl (C=O) groups is 1. The third-order valence-electron chi connectivity index (χ3n) is 7.95. The third kappa shape index (κ3) is 5.11. The number of esters is 1. The molecule has 0 spiro atoms. The molecule has 8 heteroatoms. The molecule has 0 aliphatic rings. The van der Waals surface area contributed by atoms with Crippen molar-refractivity contribution in [2.45, 2.75) is 92.6 Å². The normalized spacial score (nSPS) is 13.8. The minimum Gasteiger partial charge on any atom is -0.469 e. The lowest BCUT2D eigenvalue weighted by Gasteiger charge is -2.36. The molecule has 7 nitrogen and oxygen atoms in total. The molecule has 0 amide bonds. The summed E-state index contributed by atoms with van der Waals surface area (Å²) in [6.45, 7) is 22.5. The zero-order valence-corrected chi connectivity index (χ0v) is 24.8. The number of nitrogens with zero attached hydrogens (tertiary/aromatic N) is 4. The lowest BCUT2D eigenvalue weighted by molar-refractivity contribution is -0.151. The van der Waals surface area contributed by atoms with Gasteiger partial charge < -0.3 is 9.16 Å². The van der Waals surface area contributed by atoms with Gasteiger partial charge in [-0.3, -0.25) is 9.78 Å². The van der Waals surface area contributed by atoms with Crippen LogP contribution in [0.2, 0.25) is 18.1 Å². The maximum atomic E-state index is 13.1. The summed E-state index contributed by atoms with van der Waals surface area (Å²) in [6, 6.07) is 6.22. The Morgan fingerprint density at radius 1 is 1.14 bits per heavy atom. The monoisotopic (exact) mass is 510 g/mol. The molecule has 1 aromatic carbocycles. The van der Waals surface area contributed by atoms with Gasteiger partial charge in [0.2, 0.25) is 0 Å². The average molecular weight is 511 g/mol. The molecule has 196 valence electrons. The number of rotatable bonds is 8. The lowest BCUT2D eigenvalue weighted by Crippen LogP contribution is -2.40. The highest BCUT2D eigenvalue weighted by Crippen LogP contribution is 2.44. The Bertz CT molecular complexity index is 1260. The molecular formula is C28H42N4O3Si. The van der Waals surface area contributed by atoms with Gasteiger partial charge in [0.1, 0.15) is 5.52 Å². The Hall–Kier alpha value is -2.58. The minimum atomic E-state index is -1.93. The molecule has 0 saturated carbocycles. The second-order valence-corrected chi connectivity index (χ2v) is 16.6. The second kappa shape index (κ2) is 10.1. The fourth-order valence-corrected chi connectivity index (χ4v) is 5.35. The number of fused-ring (bicyclic) bond motifs is 1. The molecule has 36 heavy (non-hydrogen) atoms. The molecule has 0 saturated heterocycles. The van der Waals surface area contributed by atoms with E-state index in [1.165, 1.54) is 7.11 Å². The first-order valence-electron chi connectivity index (χ1n) is 12.7. The van der Waals surface area contributed by atoms with Crippen molar-refractivity contribution >= 4 is 25.3 Å². The van der Waals surface area contributed by atoms with E-state index in [-0.39, 0.29) is 16.9 Å². The summed E-state index contributed by atoms with van der Waals surface area (Å²) in [6.07, 6.45) is 1.89. The molecule has 2 aromatic heterocycles. The molecule has 3 rings (SSSR count). The summed E-state index contributed by atoms with van der Waals surface area (Å²) in [7, 11) is -0.497. The van der Waals surface area contributed by atoms with Crippen LogP contribution in [0.5, 0.6) is 0 Å². The molecule has 3 aromatic rings. The van der Waals surface area contributed by atoms with Gasteiger partial charge in [0, 0.05) is 24.4 Å². The third-order valence-corrected chi connectivity index (χ3v) is 12.4. The van der Waals surface area contributed by atoms with E-state index >= 15 is 0 Å². The highest BCUT2D eigenvalue weighted by Gasteiger charge is 2.42. The Balaban J connectivity index is 2.15. The van der Waals surface area contributed by atoms with Gasteiger partial charge in [-0.05, 0) is 87.1 Å². The SMILES string of the molecule is CCn1nnc2c(C)c(C(c3cc(CO[Si](C)(C)C(C)(C)C)c(C)cn3)C(C)(C)C(=O)OC)ccc21. The fraction of sp³-hybridized carbons (Fsp3) is 0.571. The lowest BCUT2D eigenvalue weighted by atomic mass is 9.71. The van der Waals surface area contributed by atoms with E-state index < -0.39 is 13.7 Å². The first-order chi connectivity index (χ1) is 16.7. The van der Waals surface area contributed by atoms with Crippen molar-refractivity contribution < 1.29 is 14.0 Å². The Morgan fingerprint density at radius 3 is 2.39 bits per heavy atom. The summed E-state index contributed by atoms with van der Waals surface area (Å²) in [5.41, 5.74) is 5.92. The highest BCUT2D eigenvalue weighted by molar-refractivity contribution is 6.74. The van der Waals surface area contributed by atoms with Crippen LogP contribution >= 0.6 is 0 Å². The van der Waals surface area contributed by atoms with Crippen molar-refractivity contribution in [2.24, 2.45) is 5.41 Å². The number of aromatic nitrogens is 4. The van der Waals surface area contributed by atoms with Crippen LogP contribution in [0, 0.1) is 19.3 Å². The molecule has 2 heterocycles. The Labute approximate surface area is 216 Å². The number of pyridine rings is 1. The maximum Gasteiger partial charge on any atom is 0.312 e. The van der Waals surface area contributed by atoms with Gasteiger partial charge in [-0.2, -0.15) is 0 Å². The van der Waals surface area contributed by atoms with E-state index in [2.05, 4.69) is 63.2 Å². The largest absolute Gasteiger partial charge is 0.469 e. The van der Waals surface area contributed by atoms with Crippen LogP contribution in [0.15, 0.2) is 24.4 Å². The average Bonchev–Trinajstić information content (AvgIpc) is 3.23. The zero-order valence-electron chi connectivity index (χ0n) is 23.8. The summed E-state index contributed by atoms with van der Waals surface area (Å²) < 4.78 is 13.7. The molecule has 0 bridgehead atoms.